The lowest BCUT2D eigenvalue weighted by molar-refractivity contribution is -0.140. The van der Waals surface area contributed by atoms with Gasteiger partial charge in [0.25, 0.3) is 0 Å². The number of nitrogens with one attached hydrogen (secondary N) is 1. The Kier molecular flexibility index (Phi) is 9.57. The molecule has 1 heterocycles. The first-order valence-corrected chi connectivity index (χ1v) is 7.66. The Bertz CT molecular complexity index is 505. The topological polar surface area (TPSA) is 15.3 Å². The van der Waals surface area contributed by atoms with Crippen molar-refractivity contribution >= 4 is 24.8 Å². The van der Waals surface area contributed by atoms with Gasteiger partial charge in [0.2, 0.25) is 0 Å². The fraction of sp³-hybridized carbons (Fsp3) is 0.625. The highest BCUT2D eigenvalue weighted by molar-refractivity contribution is 5.85. The Morgan fingerprint density at radius 3 is 2.25 bits per heavy atom. The normalized spacial score (nSPS) is 18.2. The van der Waals surface area contributed by atoms with Crippen LogP contribution in [0.4, 0.5) is 17.6 Å². The van der Waals surface area contributed by atoms with Gasteiger partial charge in [0.15, 0.2) is 0 Å². The van der Waals surface area contributed by atoms with Gasteiger partial charge < -0.3 is 5.32 Å². The minimum atomic E-state index is -4.66. The van der Waals surface area contributed by atoms with Crippen LogP contribution in [0.25, 0.3) is 0 Å². The lowest BCUT2D eigenvalue weighted by Gasteiger charge is -2.38. The van der Waals surface area contributed by atoms with Gasteiger partial charge in [-0.15, -0.1) is 24.8 Å². The summed E-state index contributed by atoms with van der Waals surface area (Å²) in [5.74, 6) is -1.01. The van der Waals surface area contributed by atoms with Crippen molar-refractivity contribution in [2.45, 2.75) is 32.5 Å². The maximum absolute atomic E-state index is 13.5. The molecule has 0 aliphatic carbocycles. The lowest BCUT2D eigenvalue weighted by atomic mass is 9.89. The predicted molar refractivity (Wildman–Crippen MR) is 92.5 cm³/mol. The number of piperazine rings is 1. The zero-order valence-corrected chi connectivity index (χ0v) is 15.3. The van der Waals surface area contributed by atoms with Crippen molar-refractivity contribution in [3.8, 4) is 0 Å². The summed E-state index contributed by atoms with van der Waals surface area (Å²) >= 11 is 0. The Morgan fingerprint density at radius 1 is 1.17 bits per heavy atom. The minimum Gasteiger partial charge on any atom is -0.314 e. The van der Waals surface area contributed by atoms with Crippen LogP contribution in [0, 0.1) is 11.7 Å². The maximum Gasteiger partial charge on any atom is 0.419 e. The minimum absolute atomic E-state index is 0. The molecule has 1 aliphatic rings. The first-order chi connectivity index (χ1) is 10.3. The van der Waals surface area contributed by atoms with Crippen LogP contribution in [0.1, 0.15) is 37.4 Å². The summed E-state index contributed by atoms with van der Waals surface area (Å²) in [6.07, 6.45) is -3.81. The van der Waals surface area contributed by atoms with Crippen LogP contribution in [-0.4, -0.2) is 31.1 Å². The smallest absolute Gasteiger partial charge is 0.314 e. The maximum atomic E-state index is 13.5. The van der Waals surface area contributed by atoms with Crippen molar-refractivity contribution in [1.29, 1.82) is 0 Å². The molecule has 2 nitrogen and oxygen atoms in total. The molecule has 1 aromatic rings. The molecule has 1 saturated heterocycles. The second-order valence-corrected chi connectivity index (χ2v) is 5.85. The Balaban J connectivity index is 0.00000264. The Hall–Kier alpha value is -0.560. The van der Waals surface area contributed by atoms with Crippen molar-refractivity contribution in [3.63, 3.8) is 0 Å². The van der Waals surface area contributed by atoms with E-state index >= 15 is 0 Å². The van der Waals surface area contributed by atoms with E-state index in [9.17, 15) is 17.6 Å². The third kappa shape index (κ3) is 5.48. The second-order valence-electron chi connectivity index (χ2n) is 5.85. The molecule has 24 heavy (non-hydrogen) atoms. The number of benzene rings is 1. The molecule has 1 N–H and O–H groups in total. The molecule has 1 aliphatic heterocycles. The molecule has 0 amide bonds. The van der Waals surface area contributed by atoms with Crippen molar-refractivity contribution in [2.24, 2.45) is 5.92 Å². The summed E-state index contributed by atoms with van der Waals surface area (Å²) in [5, 5.41) is 3.24. The summed E-state index contributed by atoms with van der Waals surface area (Å²) in [6, 6.07) is 3.29. The van der Waals surface area contributed by atoms with E-state index in [1.165, 1.54) is 6.07 Å². The third-order valence-corrected chi connectivity index (χ3v) is 4.37. The molecular weight excluding hydrogens is 367 g/mol. The van der Waals surface area contributed by atoms with Gasteiger partial charge in [0.1, 0.15) is 5.82 Å². The van der Waals surface area contributed by atoms with E-state index in [4.69, 9.17) is 0 Å². The van der Waals surface area contributed by atoms with E-state index in [2.05, 4.69) is 10.2 Å². The average molecular weight is 391 g/mol. The molecule has 0 saturated carbocycles. The standard InChI is InChI=1S/C16H22F4N2.2ClH/c1-3-11(2)15(22-8-6-21-7-9-22)12-4-5-14(17)13(10-12)16(18,19)20;;/h4-5,10-11,15,21H,3,6-9H2,1-2H3;2*1H/t11?,15-;;/m0../s1. The van der Waals surface area contributed by atoms with E-state index in [0.29, 0.717) is 5.56 Å². The number of hydrogen-bond donors (Lipinski definition) is 1. The molecule has 0 spiro atoms. The molecule has 2 atom stereocenters. The van der Waals surface area contributed by atoms with E-state index in [0.717, 1.165) is 44.7 Å². The van der Waals surface area contributed by atoms with Crippen molar-refractivity contribution in [2.75, 3.05) is 26.2 Å². The molecule has 0 bridgehead atoms. The second kappa shape index (κ2) is 9.80. The number of alkyl halides is 3. The number of halogens is 6. The highest BCUT2D eigenvalue weighted by Gasteiger charge is 2.36. The average Bonchev–Trinajstić information content (AvgIpc) is 2.49. The van der Waals surface area contributed by atoms with Crippen LogP contribution in [-0.2, 0) is 6.18 Å². The highest BCUT2D eigenvalue weighted by Crippen LogP contribution is 2.36. The van der Waals surface area contributed by atoms with Gasteiger partial charge in [-0.25, -0.2) is 4.39 Å². The summed E-state index contributed by atoms with van der Waals surface area (Å²) < 4.78 is 52.4. The molecule has 1 fully saturated rings. The van der Waals surface area contributed by atoms with E-state index in [-0.39, 0.29) is 36.8 Å². The molecule has 0 radical (unpaired) electrons. The predicted octanol–water partition coefficient (Wildman–Crippen LogP) is 4.68. The van der Waals surface area contributed by atoms with Gasteiger partial charge in [-0.05, 0) is 23.6 Å². The van der Waals surface area contributed by atoms with Gasteiger partial charge in [-0.2, -0.15) is 13.2 Å². The molecule has 140 valence electrons. The molecule has 8 heteroatoms. The van der Waals surface area contributed by atoms with Gasteiger partial charge in [0, 0.05) is 32.2 Å². The SMILES string of the molecule is CCC(C)[C@@H](c1ccc(F)c(C(F)(F)F)c1)N1CCNCC1.Cl.Cl. The van der Waals surface area contributed by atoms with Crippen LogP contribution >= 0.6 is 24.8 Å². The van der Waals surface area contributed by atoms with Crippen LogP contribution in [0.3, 0.4) is 0 Å². The Morgan fingerprint density at radius 2 is 1.75 bits per heavy atom. The molecular formula is C16H24Cl2F4N2. The van der Waals surface area contributed by atoms with Crippen LogP contribution in [0.5, 0.6) is 0 Å². The monoisotopic (exact) mass is 390 g/mol. The molecule has 2 rings (SSSR count). The van der Waals surface area contributed by atoms with Crippen LogP contribution in [0.15, 0.2) is 18.2 Å². The van der Waals surface area contributed by atoms with Gasteiger partial charge in [-0.1, -0.05) is 26.3 Å². The van der Waals surface area contributed by atoms with E-state index < -0.39 is 17.6 Å². The quantitative estimate of drug-likeness (QED) is 0.750. The molecule has 1 unspecified atom stereocenters. The van der Waals surface area contributed by atoms with Gasteiger partial charge in [0.05, 0.1) is 5.56 Å². The highest BCUT2D eigenvalue weighted by atomic mass is 35.5. The third-order valence-electron chi connectivity index (χ3n) is 4.37. The van der Waals surface area contributed by atoms with Gasteiger partial charge in [-0.3, -0.25) is 4.90 Å². The lowest BCUT2D eigenvalue weighted by Crippen LogP contribution is -2.46. The summed E-state index contributed by atoms with van der Waals surface area (Å²) in [4.78, 5) is 2.19. The summed E-state index contributed by atoms with van der Waals surface area (Å²) in [7, 11) is 0. The molecule has 0 aromatic heterocycles. The van der Waals surface area contributed by atoms with Crippen molar-refractivity contribution in [3.05, 3.63) is 35.1 Å². The number of rotatable bonds is 4. The number of nitrogens with zero attached hydrogens (tertiary/aromatic N) is 1. The summed E-state index contributed by atoms with van der Waals surface area (Å²) in [5.41, 5.74) is -0.626. The van der Waals surface area contributed by atoms with Crippen LogP contribution in [0.2, 0.25) is 0 Å². The van der Waals surface area contributed by atoms with E-state index in [1.807, 2.05) is 13.8 Å². The number of hydrogen-bond acceptors (Lipinski definition) is 2. The largest absolute Gasteiger partial charge is 0.419 e. The van der Waals surface area contributed by atoms with Crippen LogP contribution < -0.4 is 5.32 Å². The first-order valence-electron chi connectivity index (χ1n) is 7.66. The fourth-order valence-corrected chi connectivity index (χ4v) is 3.03. The van der Waals surface area contributed by atoms with Crippen molar-refractivity contribution in [1.82, 2.24) is 10.2 Å². The zero-order chi connectivity index (χ0) is 16.3. The fourth-order valence-electron chi connectivity index (χ4n) is 3.03. The van der Waals surface area contributed by atoms with E-state index in [1.54, 1.807) is 0 Å². The Labute approximate surface area is 152 Å². The van der Waals surface area contributed by atoms with Crippen molar-refractivity contribution < 1.29 is 17.6 Å². The first kappa shape index (κ1) is 23.4. The zero-order valence-electron chi connectivity index (χ0n) is 13.7. The summed E-state index contributed by atoms with van der Waals surface area (Å²) in [6.45, 7) is 7.26. The van der Waals surface area contributed by atoms with Gasteiger partial charge >= 0.3 is 6.18 Å². The molecule has 1 aromatic carbocycles.